The van der Waals surface area contributed by atoms with E-state index in [0.29, 0.717) is 5.82 Å². The molecule has 0 bridgehead atoms. The SMILES string of the molecule is CC[C@H](C)NC(=O)CN1C(=O)CS[C@H](c2cccc(C)c2)c2c(-c3ccccc3)nn(-c3cccc(C)c3)c21. The monoisotopic (exact) mass is 538 g/mol. The van der Waals surface area contributed by atoms with E-state index in [1.54, 1.807) is 16.7 Å². The van der Waals surface area contributed by atoms with Gasteiger partial charge in [-0.25, -0.2) is 4.68 Å². The van der Waals surface area contributed by atoms with Crippen LogP contribution in [0.4, 0.5) is 5.82 Å². The number of rotatable bonds is 7. The van der Waals surface area contributed by atoms with E-state index in [9.17, 15) is 9.59 Å². The molecule has 1 aromatic heterocycles. The van der Waals surface area contributed by atoms with Crippen molar-refractivity contribution in [3.8, 4) is 16.9 Å². The number of nitrogens with zero attached hydrogens (tertiary/aromatic N) is 3. The molecule has 0 radical (unpaired) electrons. The minimum absolute atomic E-state index is 0.0232. The lowest BCUT2D eigenvalue weighted by Crippen LogP contribution is -2.44. The van der Waals surface area contributed by atoms with E-state index < -0.39 is 0 Å². The normalized spacial score (nSPS) is 15.9. The van der Waals surface area contributed by atoms with Gasteiger partial charge in [0.15, 0.2) is 0 Å². The zero-order valence-corrected chi connectivity index (χ0v) is 23.7. The van der Waals surface area contributed by atoms with Crippen LogP contribution in [0.3, 0.4) is 0 Å². The number of anilines is 1. The second-order valence-corrected chi connectivity index (χ2v) is 11.3. The Morgan fingerprint density at radius 2 is 1.74 bits per heavy atom. The van der Waals surface area contributed by atoms with Crippen LogP contribution in [0, 0.1) is 13.8 Å². The molecule has 0 fully saturated rings. The summed E-state index contributed by atoms with van der Waals surface area (Å²) in [6.45, 7) is 8.06. The second kappa shape index (κ2) is 11.5. The maximum atomic E-state index is 13.8. The number of carbonyl (C=O) groups is 2. The Labute approximate surface area is 234 Å². The average molecular weight is 539 g/mol. The summed E-state index contributed by atoms with van der Waals surface area (Å²) in [4.78, 5) is 28.6. The molecule has 7 heteroatoms. The number of thioether (sulfide) groups is 1. The number of amides is 2. The van der Waals surface area contributed by atoms with Gasteiger partial charge in [-0.3, -0.25) is 14.5 Å². The van der Waals surface area contributed by atoms with Crippen molar-refractivity contribution in [2.45, 2.75) is 45.4 Å². The fourth-order valence-electron chi connectivity index (χ4n) is 4.93. The van der Waals surface area contributed by atoms with Crippen LogP contribution in [-0.2, 0) is 9.59 Å². The molecule has 1 N–H and O–H groups in total. The van der Waals surface area contributed by atoms with Crippen LogP contribution in [-0.4, -0.2) is 39.9 Å². The Morgan fingerprint density at radius 3 is 2.44 bits per heavy atom. The summed E-state index contributed by atoms with van der Waals surface area (Å²) in [6, 6.07) is 26.6. The van der Waals surface area contributed by atoms with Crippen LogP contribution in [0.5, 0.6) is 0 Å². The number of benzene rings is 3. The van der Waals surface area contributed by atoms with Gasteiger partial charge in [0.05, 0.1) is 22.4 Å². The first-order chi connectivity index (χ1) is 18.9. The van der Waals surface area contributed by atoms with Gasteiger partial charge in [-0.2, -0.15) is 5.10 Å². The summed E-state index contributed by atoms with van der Waals surface area (Å²) < 4.78 is 1.85. The first kappa shape index (κ1) is 26.8. The van der Waals surface area contributed by atoms with Crippen molar-refractivity contribution < 1.29 is 9.59 Å². The Balaban J connectivity index is 1.78. The van der Waals surface area contributed by atoms with E-state index >= 15 is 0 Å². The molecule has 39 heavy (non-hydrogen) atoms. The molecule has 0 saturated carbocycles. The summed E-state index contributed by atoms with van der Waals surface area (Å²) >= 11 is 1.59. The first-order valence-corrected chi connectivity index (χ1v) is 14.4. The molecule has 5 rings (SSSR count). The summed E-state index contributed by atoms with van der Waals surface area (Å²) in [6.07, 6.45) is 0.815. The van der Waals surface area contributed by atoms with E-state index in [0.717, 1.165) is 45.6 Å². The highest BCUT2D eigenvalue weighted by Crippen LogP contribution is 2.48. The first-order valence-electron chi connectivity index (χ1n) is 13.4. The van der Waals surface area contributed by atoms with Crippen LogP contribution in [0.2, 0.25) is 0 Å². The third-order valence-electron chi connectivity index (χ3n) is 7.05. The van der Waals surface area contributed by atoms with Crippen LogP contribution in [0.25, 0.3) is 16.9 Å². The fraction of sp³-hybridized carbons (Fsp3) is 0.281. The third-order valence-corrected chi connectivity index (χ3v) is 8.30. The van der Waals surface area contributed by atoms with Gasteiger partial charge >= 0.3 is 0 Å². The smallest absolute Gasteiger partial charge is 0.240 e. The average Bonchev–Trinajstić information content (AvgIpc) is 3.26. The Hall–Kier alpha value is -3.84. The van der Waals surface area contributed by atoms with Gasteiger partial charge in [0, 0.05) is 17.2 Å². The molecule has 200 valence electrons. The summed E-state index contributed by atoms with van der Waals surface area (Å²) in [5.41, 5.74) is 6.93. The Morgan fingerprint density at radius 1 is 1.03 bits per heavy atom. The quantitative estimate of drug-likeness (QED) is 0.302. The molecule has 1 aliphatic heterocycles. The molecule has 2 atom stereocenters. The molecule has 6 nitrogen and oxygen atoms in total. The molecule has 2 amide bonds. The maximum absolute atomic E-state index is 13.8. The lowest BCUT2D eigenvalue weighted by atomic mass is 9.98. The van der Waals surface area contributed by atoms with Crippen molar-refractivity contribution in [2.24, 2.45) is 0 Å². The van der Waals surface area contributed by atoms with Crippen molar-refractivity contribution in [1.82, 2.24) is 15.1 Å². The minimum Gasteiger partial charge on any atom is -0.352 e. The van der Waals surface area contributed by atoms with Crippen molar-refractivity contribution in [3.63, 3.8) is 0 Å². The summed E-state index contributed by atoms with van der Waals surface area (Å²) in [7, 11) is 0. The summed E-state index contributed by atoms with van der Waals surface area (Å²) in [5.74, 6) is 0.622. The van der Waals surface area contributed by atoms with E-state index in [-0.39, 0.29) is 35.4 Å². The van der Waals surface area contributed by atoms with E-state index in [1.807, 2.05) is 74.0 Å². The van der Waals surface area contributed by atoms with E-state index in [1.165, 1.54) is 0 Å². The van der Waals surface area contributed by atoms with Crippen LogP contribution in [0.1, 0.15) is 47.8 Å². The molecule has 1 aliphatic rings. The number of hydrogen-bond donors (Lipinski definition) is 1. The van der Waals surface area contributed by atoms with Crippen LogP contribution < -0.4 is 10.2 Å². The molecule has 0 unspecified atom stereocenters. The topological polar surface area (TPSA) is 67.2 Å². The fourth-order valence-corrected chi connectivity index (χ4v) is 6.12. The van der Waals surface area contributed by atoms with E-state index in [2.05, 4.69) is 42.6 Å². The van der Waals surface area contributed by atoms with Gasteiger partial charge in [0.25, 0.3) is 0 Å². The largest absolute Gasteiger partial charge is 0.352 e. The number of aryl methyl sites for hydroxylation is 2. The predicted molar refractivity (Wildman–Crippen MR) is 159 cm³/mol. The Kier molecular flexibility index (Phi) is 7.89. The van der Waals surface area contributed by atoms with Crippen molar-refractivity contribution in [3.05, 3.63) is 101 Å². The number of nitrogens with one attached hydrogen (secondary N) is 1. The zero-order valence-electron chi connectivity index (χ0n) is 22.8. The maximum Gasteiger partial charge on any atom is 0.240 e. The standard InChI is InChI=1S/C32H34N4O2S/c1-5-23(4)33-27(37)19-35-28(38)20-39-31(25-15-9-11-21(2)17-25)29-30(24-13-7-6-8-14-24)34-36(32(29)35)26-16-10-12-22(3)18-26/h6-18,23,31H,5,19-20H2,1-4H3,(H,33,37)/t23-,31+/m0/s1. The number of aromatic nitrogens is 2. The molecule has 4 aromatic rings. The third kappa shape index (κ3) is 5.64. The molecule has 0 saturated heterocycles. The zero-order chi connectivity index (χ0) is 27.5. The number of fused-ring (bicyclic) bond motifs is 1. The van der Waals surface area contributed by atoms with Gasteiger partial charge in [0.1, 0.15) is 12.4 Å². The van der Waals surface area contributed by atoms with Gasteiger partial charge in [0.2, 0.25) is 11.8 Å². The molecular weight excluding hydrogens is 504 g/mol. The summed E-state index contributed by atoms with van der Waals surface area (Å²) in [5, 5.41) is 8.06. The van der Waals surface area contributed by atoms with Crippen LogP contribution in [0.15, 0.2) is 78.9 Å². The molecule has 3 aromatic carbocycles. The molecule has 0 spiro atoms. The van der Waals surface area contributed by atoms with Gasteiger partial charge in [-0.1, -0.05) is 79.2 Å². The van der Waals surface area contributed by atoms with Crippen molar-refractivity contribution >= 4 is 29.4 Å². The predicted octanol–water partition coefficient (Wildman–Crippen LogP) is 6.24. The van der Waals surface area contributed by atoms with Crippen LogP contribution >= 0.6 is 11.8 Å². The van der Waals surface area contributed by atoms with E-state index in [4.69, 9.17) is 5.10 Å². The van der Waals surface area contributed by atoms with Gasteiger partial charge in [-0.15, -0.1) is 11.8 Å². The van der Waals surface area contributed by atoms with Gasteiger partial charge in [-0.05, 0) is 50.5 Å². The number of carbonyl (C=O) groups excluding carboxylic acids is 2. The Bertz CT molecular complexity index is 1500. The second-order valence-electron chi connectivity index (χ2n) is 10.2. The molecule has 0 aliphatic carbocycles. The highest BCUT2D eigenvalue weighted by Gasteiger charge is 2.37. The highest BCUT2D eigenvalue weighted by atomic mass is 32.2. The molecular formula is C32H34N4O2S. The minimum atomic E-state index is -0.180. The lowest BCUT2D eigenvalue weighted by molar-refractivity contribution is -0.123. The lowest BCUT2D eigenvalue weighted by Gasteiger charge is -2.24. The molecule has 2 heterocycles. The number of hydrogen-bond acceptors (Lipinski definition) is 4. The van der Waals surface area contributed by atoms with Crippen molar-refractivity contribution in [1.29, 1.82) is 0 Å². The van der Waals surface area contributed by atoms with Gasteiger partial charge < -0.3 is 5.32 Å². The highest BCUT2D eigenvalue weighted by molar-refractivity contribution is 8.00. The van der Waals surface area contributed by atoms with Crippen molar-refractivity contribution in [2.75, 3.05) is 17.2 Å².